The van der Waals surface area contributed by atoms with Gasteiger partial charge in [0.1, 0.15) is 12.7 Å². The summed E-state index contributed by atoms with van der Waals surface area (Å²) in [6, 6.07) is 19.5. The first kappa shape index (κ1) is 17.2. The number of hydrogen-bond acceptors (Lipinski definition) is 4. The van der Waals surface area contributed by atoms with Gasteiger partial charge in [0.15, 0.2) is 0 Å². The van der Waals surface area contributed by atoms with Crippen molar-refractivity contribution in [2.24, 2.45) is 0 Å². The zero-order chi connectivity index (χ0) is 16.3. The summed E-state index contributed by atoms with van der Waals surface area (Å²) in [6.07, 6.45) is 0.140. The molecule has 0 aliphatic heterocycles. The number of aryl methyl sites for hydroxylation is 1. The van der Waals surface area contributed by atoms with Crippen LogP contribution in [0.5, 0.6) is 0 Å². The van der Waals surface area contributed by atoms with E-state index in [1.54, 1.807) is 0 Å². The molecule has 2 rings (SSSR count). The summed E-state index contributed by atoms with van der Waals surface area (Å²) in [4.78, 5) is 11.6. The van der Waals surface area contributed by atoms with Gasteiger partial charge >= 0.3 is 5.97 Å². The van der Waals surface area contributed by atoms with Crippen LogP contribution in [0.1, 0.15) is 17.5 Å². The van der Waals surface area contributed by atoms with Gasteiger partial charge in [0.05, 0.1) is 13.2 Å². The van der Waals surface area contributed by atoms with Crippen molar-refractivity contribution >= 4 is 5.97 Å². The first-order chi connectivity index (χ1) is 11.2. The number of aliphatic hydroxyl groups excluding tert-OH is 1. The van der Waals surface area contributed by atoms with Crippen LogP contribution in [0.3, 0.4) is 0 Å². The molecular weight excluding hydrogens is 292 g/mol. The molecule has 1 unspecified atom stereocenters. The van der Waals surface area contributed by atoms with Crippen molar-refractivity contribution < 1.29 is 19.4 Å². The van der Waals surface area contributed by atoms with E-state index in [4.69, 9.17) is 9.47 Å². The number of ether oxygens (including phenoxy) is 2. The normalized spacial score (nSPS) is 11.9. The molecule has 2 aromatic rings. The molecule has 0 spiro atoms. The molecule has 0 saturated carbocycles. The smallest absolute Gasteiger partial charge is 0.306 e. The lowest BCUT2D eigenvalue weighted by Gasteiger charge is -2.12. The Balaban J connectivity index is 1.56. The number of esters is 1. The molecule has 0 aromatic heterocycles. The Labute approximate surface area is 136 Å². The quantitative estimate of drug-likeness (QED) is 0.723. The molecule has 4 nitrogen and oxygen atoms in total. The van der Waals surface area contributed by atoms with Gasteiger partial charge in [-0.2, -0.15) is 0 Å². The van der Waals surface area contributed by atoms with Gasteiger partial charge < -0.3 is 14.6 Å². The van der Waals surface area contributed by atoms with Gasteiger partial charge in [0.2, 0.25) is 0 Å². The predicted octanol–water partition coefficient (Wildman–Crippen LogP) is 2.74. The van der Waals surface area contributed by atoms with Crippen LogP contribution >= 0.6 is 0 Å². The van der Waals surface area contributed by atoms with Crippen LogP contribution in [0.15, 0.2) is 60.7 Å². The monoisotopic (exact) mass is 314 g/mol. The van der Waals surface area contributed by atoms with E-state index in [0.717, 1.165) is 11.1 Å². The number of carbonyl (C=O) groups excluding carboxylic acids is 1. The maximum atomic E-state index is 11.6. The van der Waals surface area contributed by atoms with Crippen LogP contribution in [0.4, 0.5) is 0 Å². The van der Waals surface area contributed by atoms with Crippen LogP contribution in [0.25, 0.3) is 0 Å². The minimum Gasteiger partial charge on any atom is -0.463 e. The van der Waals surface area contributed by atoms with E-state index in [0.29, 0.717) is 19.4 Å². The largest absolute Gasteiger partial charge is 0.463 e. The van der Waals surface area contributed by atoms with Crippen molar-refractivity contribution in [3.8, 4) is 0 Å². The predicted molar refractivity (Wildman–Crippen MR) is 87.8 cm³/mol. The molecule has 4 heteroatoms. The number of carbonyl (C=O) groups is 1. The van der Waals surface area contributed by atoms with E-state index in [-0.39, 0.29) is 19.2 Å². The number of hydrogen-bond donors (Lipinski definition) is 1. The Hall–Kier alpha value is -2.17. The lowest BCUT2D eigenvalue weighted by atomic mass is 10.1. The van der Waals surface area contributed by atoms with E-state index in [2.05, 4.69) is 0 Å². The summed E-state index contributed by atoms with van der Waals surface area (Å²) in [7, 11) is 0. The summed E-state index contributed by atoms with van der Waals surface area (Å²) >= 11 is 0. The molecule has 0 fully saturated rings. The van der Waals surface area contributed by atoms with Crippen LogP contribution < -0.4 is 0 Å². The van der Waals surface area contributed by atoms with Crippen molar-refractivity contribution in [1.29, 1.82) is 0 Å². The molecule has 0 saturated heterocycles. The standard InChI is InChI=1S/C19H22O4/c20-18(14-22-13-17-9-5-2-6-10-17)15-23-19(21)12-11-16-7-3-1-4-8-16/h1-10,18,20H,11-15H2. The molecule has 0 amide bonds. The lowest BCUT2D eigenvalue weighted by Crippen LogP contribution is -2.23. The molecule has 1 atom stereocenters. The first-order valence-corrected chi connectivity index (χ1v) is 7.73. The minimum absolute atomic E-state index is 0.0393. The highest BCUT2D eigenvalue weighted by molar-refractivity contribution is 5.69. The first-order valence-electron chi connectivity index (χ1n) is 7.73. The summed E-state index contributed by atoms with van der Waals surface area (Å²) in [5.74, 6) is -0.309. The van der Waals surface area contributed by atoms with Crippen molar-refractivity contribution in [1.82, 2.24) is 0 Å². The highest BCUT2D eigenvalue weighted by Gasteiger charge is 2.09. The average Bonchev–Trinajstić information content (AvgIpc) is 2.60. The number of benzene rings is 2. The van der Waals surface area contributed by atoms with Gasteiger partial charge in [0, 0.05) is 6.42 Å². The molecule has 0 bridgehead atoms. The summed E-state index contributed by atoms with van der Waals surface area (Å²) in [5, 5.41) is 9.76. The Bertz CT molecular complexity index is 568. The van der Waals surface area contributed by atoms with Gasteiger partial charge in [-0.1, -0.05) is 60.7 Å². The van der Waals surface area contributed by atoms with Crippen molar-refractivity contribution in [3.05, 3.63) is 71.8 Å². The molecule has 0 aliphatic carbocycles. The SMILES string of the molecule is O=C(CCc1ccccc1)OCC(O)COCc1ccccc1. The van der Waals surface area contributed by atoms with Crippen LogP contribution in [-0.4, -0.2) is 30.4 Å². The fourth-order valence-corrected chi connectivity index (χ4v) is 2.09. The Morgan fingerprint density at radius 1 is 0.913 bits per heavy atom. The van der Waals surface area contributed by atoms with Gasteiger partial charge in [0.25, 0.3) is 0 Å². The van der Waals surface area contributed by atoms with Crippen LogP contribution in [-0.2, 0) is 27.3 Å². The Morgan fingerprint density at radius 3 is 2.17 bits per heavy atom. The van der Waals surface area contributed by atoms with E-state index in [1.807, 2.05) is 60.7 Å². The lowest BCUT2D eigenvalue weighted by molar-refractivity contribution is -0.147. The molecule has 0 aliphatic rings. The molecule has 1 N–H and O–H groups in total. The molecule has 122 valence electrons. The molecule has 23 heavy (non-hydrogen) atoms. The maximum absolute atomic E-state index is 11.6. The Kier molecular flexibility index (Phi) is 7.30. The van der Waals surface area contributed by atoms with E-state index < -0.39 is 6.10 Å². The van der Waals surface area contributed by atoms with Gasteiger partial charge in [-0.15, -0.1) is 0 Å². The second-order valence-corrected chi connectivity index (χ2v) is 5.32. The van der Waals surface area contributed by atoms with E-state index in [1.165, 1.54) is 0 Å². The van der Waals surface area contributed by atoms with Gasteiger partial charge in [-0.05, 0) is 17.5 Å². The summed E-state index contributed by atoms with van der Waals surface area (Å²) in [6.45, 7) is 0.531. The highest BCUT2D eigenvalue weighted by Crippen LogP contribution is 2.04. The third-order valence-corrected chi connectivity index (χ3v) is 3.32. The minimum atomic E-state index is -0.806. The fourth-order valence-electron chi connectivity index (χ4n) is 2.09. The fraction of sp³-hybridized carbons (Fsp3) is 0.316. The van der Waals surface area contributed by atoms with Crippen LogP contribution in [0.2, 0.25) is 0 Å². The van der Waals surface area contributed by atoms with Crippen molar-refractivity contribution in [2.45, 2.75) is 25.6 Å². The van der Waals surface area contributed by atoms with E-state index in [9.17, 15) is 9.90 Å². The van der Waals surface area contributed by atoms with E-state index >= 15 is 0 Å². The third-order valence-electron chi connectivity index (χ3n) is 3.32. The van der Waals surface area contributed by atoms with Gasteiger partial charge in [-0.3, -0.25) is 4.79 Å². The highest BCUT2D eigenvalue weighted by atomic mass is 16.5. The number of aliphatic hydroxyl groups is 1. The zero-order valence-corrected chi connectivity index (χ0v) is 13.1. The average molecular weight is 314 g/mol. The topological polar surface area (TPSA) is 55.8 Å². The van der Waals surface area contributed by atoms with Crippen molar-refractivity contribution in [3.63, 3.8) is 0 Å². The van der Waals surface area contributed by atoms with Gasteiger partial charge in [-0.25, -0.2) is 0 Å². The van der Waals surface area contributed by atoms with Crippen molar-refractivity contribution in [2.75, 3.05) is 13.2 Å². The van der Waals surface area contributed by atoms with Crippen LogP contribution in [0, 0.1) is 0 Å². The molecule has 2 aromatic carbocycles. The molecule has 0 heterocycles. The summed E-state index contributed by atoms with van der Waals surface area (Å²) in [5.41, 5.74) is 2.13. The third kappa shape index (κ3) is 7.08. The molecule has 0 radical (unpaired) electrons. The summed E-state index contributed by atoms with van der Waals surface area (Å²) < 4.78 is 10.5. The zero-order valence-electron chi connectivity index (χ0n) is 13.1. The second-order valence-electron chi connectivity index (χ2n) is 5.32. The molecular formula is C19H22O4. The second kappa shape index (κ2) is 9.77. The number of rotatable bonds is 9. The Morgan fingerprint density at radius 2 is 1.52 bits per heavy atom. The maximum Gasteiger partial charge on any atom is 0.306 e.